The average Bonchev–Trinajstić information content (AvgIpc) is 3.61. The van der Waals surface area contributed by atoms with Crippen molar-refractivity contribution in [2.75, 3.05) is 4.90 Å². The minimum atomic E-state index is -3.63. The van der Waals surface area contributed by atoms with Gasteiger partial charge >= 0.3 is 0 Å². The van der Waals surface area contributed by atoms with Crippen molar-refractivity contribution in [1.82, 2.24) is 39.3 Å². The van der Waals surface area contributed by atoms with Crippen LogP contribution in [0.4, 0.5) is 5.82 Å². The molecule has 1 aliphatic rings. The molecule has 5 heterocycles. The molecule has 0 radical (unpaired) electrons. The molecule has 9 nitrogen and oxygen atoms in total. The van der Waals surface area contributed by atoms with E-state index >= 15 is 0 Å². The molecule has 0 saturated heterocycles. The van der Waals surface area contributed by atoms with Gasteiger partial charge in [0.2, 0.25) is 5.95 Å². The summed E-state index contributed by atoms with van der Waals surface area (Å²) in [6.07, 6.45) is 3.38. The monoisotopic (exact) mass is 405 g/mol. The van der Waals surface area contributed by atoms with Crippen LogP contribution in [-0.4, -0.2) is 45.3 Å². The number of fused-ring (bicyclic) bond motifs is 3. The minimum absolute atomic E-state index is 0.0950. The van der Waals surface area contributed by atoms with Crippen LogP contribution in [0, 0.1) is 0 Å². The molecular formula is C18H19N9S. The number of hydrogen-bond acceptors (Lipinski definition) is 8. The summed E-state index contributed by atoms with van der Waals surface area (Å²) in [4.78, 5) is 17.5. The SMILES string of the molecule is [2H]C([2H])([2H])C([2H])([2H])[C@@H]1c2nncn2-c2cnc(-n3ccnc3-c3nccs3)nc2N1C([2H])(C([2H])([2H])[2H])C([2H])([2H])[2H]. The second-order valence-corrected chi connectivity index (χ2v) is 6.56. The van der Waals surface area contributed by atoms with Gasteiger partial charge in [0.15, 0.2) is 22.5 Å². The molecule has 0 spiro atoms. The Labute approximate surface area is 182 Å². The third-order valence-corrected chi connectivity index (χ3v) is 4.93. The van der Waals surface area contributed by atoms with E-state index in [4.69, 9.17) is 16.4 Å². The lowest BCUT2D eigenvalue weighted by Crippen LogP contribution is -2.40. The first kappa shape index (κ1) is 8.48. The van der Waals surface area contributed by atoms with Crippen LogP contribution in [0.3, 0.4) is 0 Å². The van der Waals surface area contributed by atoms with Gasteiger partial charge in [0.05, 0.1) is 13.6 Å². The van der Waals surface area contributed by atoms with E-state index in [1.54, 1.807) is 11.6 Å². The maximum absolute atomic E-state index is 8.96. The van der Waals surface area contributed by atoms with Crippen molar-refractivity contribution in [3.05, 3.63) is 42.3 Å². The van der Waals surface area contributed by atoms with Crippen LogP contribution in [0.15, 0.2) is 36.5 Å². The number of thiazole rings is 1. The van der Waals surface area contributed by atoms with Crippen LogP contribution in [0.5, 0.6) is 0 Å². The highest BCUT2D eigenvalue weighted by atomic mass is 32.1. The van der Waals surface area contributed by atoms with Gasteiger partial charge in [-0.3, -0.25) is 9.13 Å². The molecule has 5 rings (SSSR count). The Morgan fingerprint density at radius 2 is 2.25 bits per heavy atom. The molecule has 0 bridgehead atoms. The van der Waals surface area contributed by atoms with Crippen molar-refractivity contribution in [1.29, 1.82) is 0 Å². The average molecular weight is 406 g/mol. The van der Waals surface area contributed by atoms with Crippen molar-refractivity contribution < 1.29 is 16.4 Å². The molecule has 0 saturated carbocycles. The minimum Gasteiger partial charge on any atom is -0.342 e. The Hall–Kier alpha value is -3.14. The highest BCUT2D eigenvalue weighted by molar-refractivity contribution is 7.13. The standard InChI is InChI=1S/C18H19N9S/c1-4-12-15-24-22-10-26(15)13-9-21-18(23-14(13)27(12)11(2)3)25-7-5-19-16(25)17-20-6-8-28-17/h5-12H,4H2,1-3H3/t12-/m1/s1/i1D3,2D3,3D3,4D2,11D. The lowest BCUT2D eigenvalue weighted by Gasteiger charge is -2.39. The second kappa shape index (κ2) is 6.48. The summed E-state index contributed by atoms with van der Waals surface area (Å²) < 4.78 is 101. The number of imidazole rings is 1. The molecule has 4 aromatic rings. The number of rotatable bonds is 4. The third-order valence-electron chi connectivity index (χ3n) is 4.16. The van der Waals surface area contributed by atoms with E-state index in [2.05, 4.69) is 30.1 Å². The number of hydrogen-bond donors (Lipinski definition) is 0. The van der Waals surface area contributed by atoms with E-state index in [0.717, 1.165) is 10.9 Å². The molecule has 0 aromatic carbocycles. The van der Waals surface area contributed by atoms with Crippen LogP contribution < -0.4 is 4.90 Å². The fourth-order valence-corrected chi connectivity index (χ4v) is 3.62. The van der Waals surface area contributed by atoms with Crippen LogP contribution in [-0.2, 0) is 0 Å². The van der Waals surface area contributed by atoms with Crippen molar-refractivity contribution in [2.45, 2.75) is 39.0 Å². The van der Waals surface area contributed by atoms with Gasteiger partial charge in [0, 0.05) is 45.1 Å². The molecule has 0 amide bonds. The fourth-order valence-electron chi connectivity index (χ4n) is 3.00. The van der Waals surface area contributed by atoms with Crippen molar-refractivity contribution in [3.63, 3.8) is 0 Å². The normalized spacial score (nSPS) is 24.3. The third kappa shape index (κ3) is 2.44. The molecule has 0 aliphatic carbocycles. The molecule has 0 unspecified atom stereocenters. The molecule has 4 aromatic heterocycles. The molecule has 1 atom stereocenters. The van der Waals surface area contributed by atoms with Crippen LogP contribution >= 0.6 is 11.3 Å². The first-order valence-electron chi connectivity index (χ1n) is 13.9. The lowest BCUT2D eigenvalue weighted by molar-refractivity contribution is 0.497. The van der Waals surface area contributed by atoms with Gasteiger partial charge in [-0.25, -0.2) is 15.0 Å². The maximum Gasteiger partial charge on any atom is 0.237 e. The zero-order valence-corrected chi connectivity index (χ0v) is 14.8. The van der Waals surface area contributed by atoms with Crippen LogP contribution in [0.2, 0.25) is 0 Å². The summed E-state index contributed by atoms with van der Waals surface area (Å²) in [6.45, 7) is -10.7. The summed E-state index contributed by atoms with van der Waals surface area (Å²) >= 11 is 1.26. The van der Waals surface area contributed by atoms with Crippen LogP contribution in [0.1, 0.15) is 55.2 Å². The lowest BCUT2D eigenvalue weighted by atomic mass is 10.1. The van der Waals surface area contributed by atoms with Crippen molar-refractivity contribution in [2.24, 2.45) is 0 Å². The molecule has 1 aliphatic heterocycles. The zero-order valence-electron chi connectivity index (χ0n) is 26.0. The van der Waals surface area contributed by atoms with Gasteiger partial charge < -0.3 is 4.90 Å². The Morgan fingerprint density at radius 3 is 3.07 bits per heavy atom. The summed E-state index contributed by atoms with van der Waals surface area (Å²) in [5.74, 6) is -0.840. The molecule has 10 heteroatoms. The summed E-state index contributed by atoms with van der Waals surface area (Å²) in [5, 5.41) is 9.72. The van der Waals surface area contributed by atoms with Gasteiger partial charge in [-0.15, -0.1) is 21.5 Å². The highest BCUT2D eigenvalue weighted by Crippen LogP contribution is 2.39. The van der Waals surface area contributed by atoms with E-state index in [0.29, 0.717) is 15.7 Å². The summed E-state index contributed by atoms with van der Waals surface area (Å²) in [7, 11) is 0. The molecule has 28 heavy (non-hydrogen) atoms. The first-order valence-corrected chi connectivity index (χ1v) is 8.79. The van der Waals surface area contributed by atoms with E-state index in [1.807, 2.05) is 0 Å². The second-order valence-electron chi connectivity index (χ2n) is 5.66. The van der Waals surface area contributed by atoms with E-state index in [-0.39, 0.29) is 11.6 Å². The van der Waals surface area contributed by atoms with E-state index in [9.17, 15) is 0 Å². The smallest absolute Gasteiger partial charge is 0.237 e. The highest BCUT2D eigenvalue weighted by Gasteiger charge is 2.35. The Morgan fingerprint density at radius 1 is 1.29 bits per heavy atom. The van der Waals surface area contributed by atoms with Gasteiger partial charge in [0.25, 0.3) is 0 Å². The van der Waals surface area contributed by atoms with Gasteiger partial charge in [0.1, 0.15) is 12.0 Å². The van der Waals surface area contributed by atoms with Gasteiger partial charge in [-0.05, 0) is 20.1 Å². The van der Waals surface area contributed by atoms with E-state index in [1.165, 1.54) is 34.5 Å². The fraction of sp³-hybridized carbons (Fsp3) is 0.333. The van der Waals surface area contributed by atoms with Crippen molar-refractivity contribution >= 4 is 17.2 Å². The number of nitrogens with zero attached hydrogens (tertiary/aromatic N) is 9. The Balaban J connectivity index is 1.86. The zero-order chi connectivity index (χ0) is 29.5. The number of anilines is 1. The number of aromatic nitrogens is 8. The Kier molecular flexibility index (Phi) is 1.96. The molecule has 142 valence electrons. The summed E-state index contributed by atoms with van der Waals surface area (Å²) in [6, 6.07) is -5.86. The first-order chi connectivity index (χ1) is 18.4. The van der Waals surface area contributed by atoms with Gasteiger partial charge in [-0.2, -0.15) is 4.98 Å². The predicted molar refractivity (Wildman–Crippen MR) is 106 cm³/mol. The van der Waals surface area contributed by atoms with Gasteiger partial charge in [-0.1, -0.05) is 6.85 Å². The maximum atomic E-state index is 8.96. The Bertz CT molecular complexity index is 1520. The summed E-state index contributed by atoms with van der Waals surface area (Å²) in [5.41, 5.74) is -0.0950. The van der Waals surface area contributed by atoms with Crippen LogP contribution in [0.25, 0.3) is 22.5 Å². The largest absolute Gasteiger partial charge is 0.342 e. The molecule has 0 fully saturated rings. The molecular weight excluding hydrogens is 374 g/mol. The topological polar surface area (TPSA) is 90.4 Å². The van der Waals surface area contributed by atoms with Crippen molar-refractivity contribution in [3.8, 4) is 22.5 Å². The quantitative estimate of drug-likeness (QED) is 0.515. The van der Waals surface area contributed by atoms with E-state index < -0.39 is 50.6 Å². The predicted octanol–water partition coefficient (Wildman–Crippen LogP) is 3.05. The molecule has 0 N–H and O–H groups in total.